The molecule has 0 saturated heterocycles. The lowest BCUT2D eigenvalue weighted by atomic mass is 9.97. The smallest absolute Gasteiger partial charge is 0.206 e. The number of hydrogen-bond donors (Lipinski definition) is 0. The third kappa shape index (κ3) is 3.28. The van der Waals surface area contributed by atoms with Gasteiger partial charge in [0.15, 0.2) is 0 Å². The Kier molecular flexibility index (Phi) is 4.42. The number of halogens is 5. The molecule has 5 heteroatoms. The average molecular weight is 361 g/mol. The summed E-state index contributed by atoms with van der Waals surface area (Å²) in [7, 11) is 0. The molecule has 0 aliphatic heterocycles. The van der Waals surface area contributed by atoms with Crippen molar-refractivity contribution in [2.45, 2.75) is 24.9 Å². The van der Waals surface area contributed by atoms with E-state index in [-0.39, 0.29) is 5.56 Å². The van der Waals surface area contributed by atoms with E-state index in [1.54, 1.807) is 6.07 Å². The molecule has 2 aromatic carbocycles. The van der Waals surface area contributed by atoms with Gasteiger partial charge >= 0.3 is 6.18 Å². The van der Waals surface area contributed by atoms with E-state index >= 15 is 0 Å². The van der Waals surface area contributed by atoms with Crippen molar-refractivity contribution < 1.29 is 17.6 Å². The van der Waals surface area contributed by atoms with Crippen LogP contribution in [0.1, 0.15) is 32.6 Å². The first-order chi connectivity index (χ1) is 9.71. The lowest BCUT2D eigenvalue weighted by Gasteiger charge is -2.17. The van der Waals surface area contributed by atoms with E-state index in [0.717, 1.165) is 22.8 Å². The van der Waals surface area contributed by atoms with E-state index in [9.17, 15) is 17.6 Å². The number of benzene rings is 2. The summed E-state index contributed by atoms with van der Waals surface area (Å²) in [6, 6.07) is 8.89. The molecule has 0 aliphatic rings. The number of hydrogen-bond acceptors (Lipinski definition) is 0. The van der Waals surface area contributed by atoms with Crippen LogP contribution in [-0.2, 0) is 6.18 Å². The standard InChI is InChI=1S/C16H13BrF4/c1-9-6-7-11(10(2)8-9)14(17)12-4-3-5-13(15(12)18)16(19,20)21/h3-8,14H,1-2H3. The van der Waals surface area contributed by atoms with Crippen LogP contribution in [0.25, 0.3) is 0 Å². The molecule has 0 bridgehead atoms. The van der Waals surface area contributed by atoms with Crippen molar-refractivity contribution in [2.75, 3.05) is 0 Å². The van der Waals surface area contributed by atoms with E-state index in [0.29, 0.717) is 0 Å². The predicted molar refractivity (Wildman–Crippen MR) is 78.1 cm³/mol. The van der Waals surface area contributed by atoms with Gasteiger partial charge < -0.3 is 0 Å². The van der Waals surface area contributed by atoms with Crippen molar-refractivity contribution in [3.8, 4) is 0 Å². The molecule has 0 aromatic heterocycles. The first-order valence-electron chi connectivity index (χ1n) is 6.28. The lowest BCUT2D eigenvalue weighted by Crippen LogP contribution is -2.11. The molecule has 1 atom stereocenters. The van der Waals surface area contributed by atoms with Crippen molar-refractivity contribution >= 4 is 15.9 Å². The maximum atomic E-state index is 14.2. The summed E-state index contributed by atoms with van der Waals surface area (Å²) in [6.45, 7) is 3.77. The predicted octanol–water partition coefficient (Wildman–Crippen LogP) is 5.95. The maximum Gasteiger partial charge on any atom is 0.419 e. The Bertz CT molecular complexity index is 662. The zero-order valence-corrected chi connectivity index (χ0v) is 13.0. The molecule has 1 unspecified atom stereocenters. The van der Waals surface area contributed by atoms with E-state index < -0.39 is 22.4 Å². The van der Waals surface area contributed by atoms with Crippen LogP contribution < -0.4 is 0 Å². The molecule has 0 amide bonds. The van der Waals surface area contributed by atoms with Crippen LogP contribution in [0.15, 0.2) is 36.4 Å². The fourth-order valence-electron chi connectivity index (χ4n) is 2.24. The van der Waals surface area contributed by atoms with Gasteiger partial charge in [-0.2, -0.15) is 13.2 Å². The second-order valence-electron chi connectivity index (χ2n) is 4.93. The van der Waals surface area contributed by atoms with E-state index in [2.05, 4.69) is 15.9 Å². The minimum atomic E-state index is -4.70. The van der Waals surface area contributed by atoms with Crippen LogP contribution in [0.5, 0.6) is 0 Å². The van der Waals surface area contributed by atoms with E-state index in [4.69, 9.17) is 0 Å². The highest BCUT2D eigenvalue weighted by molar-refractivity contribution is 9.09. The molecule has 2 aromatic rings. The Morgan fingerprint density at radius 2 is 1.67 bits per heavy atom. The van der Waals surface area contributed by atoms with Gasteiger partial charge in [0.1, 0.15) is 5.82 Å². The van der Waals surface area contributed by atoms with Crippen LogP contribution >= 0.6 is 15.9 Å². The minimum absolute atomic E-state index is 0.0169. The molecule has 0 heterocycles. The van der Waals surface area contributed by atoms with Crippen LogP contribution in [0, 0.1) is 19.7 Å². The van der Waals surface area contributed by atoms with Crippen LogP contribution in [-0.4, -0.2) is 0 Å². The van der Waals surface area contributed by atoms with Gasteiger partial charge in [0.2, 0.25) is 0 Å². The molecule has 21 heavy (non-hydrogen) atoms. The summed E-state index contributed by atoms with van der Waals surface area (Å²) in [5.41, 5.74) is 1.43. The SMILES string of the molecule is Cc1ccc(C(Br)c2cccc(C(F)(F)F)c2F)c(C)c1. The van der Waals surface area contributed by atoms with Gasteiger partial charge in [0.25, 0.3) is 0 Å². The van der Waals surface area contributed by atoms with Crippen molar-refractivity contribution in [3.05, 3.63) is 70.0 Å². The second-order valence-corrected chi connectivity index (χ2v) is 5.84. The molecule has 112 valence electrons. The number of aryl methyl sites for hydroxylation is 2. The van der Waals surface area contributed by atoms with Crippen molar-refractivity contribution in [1.29, 1.82) is 0 Å². The first-order valence-corrected chi connectivity index (χ1v) is 7.20. The molecule has 0 aliphatic carbocycles. The summed E-state index contributed by atoms with van der Waals surface area (Å²) in [5.74, 6) is -1.23. The summed E-state index contributed by atoms with van der Waals surface area (Å²) < 4.78 is 52.5. The quantitative estimate of drug-likeness (QED) is 0.458. The van der Waals surface area contributed by atoms with Gasteiger partial charge in [-0.05, 0) is 31.0 Å². The Labute approximate surface area is 128 Å². The monoisotopic (exact) mass is 360 g/mol. The van der Waals surface area contributed by atoms with Gasteiger partial charge in [-0.3, -0.25) is 0 Å². The molecular weight excluding hydrogens is 348 g/mol. The van der Waals surface area contributed by atoms with Crippen molar-refractivity contribution in [1.82, 2.24) is 0 Å². The Hall–Kier alpha value is -1.36. The van der Waals surface area contributed by atoms with E-state index in [1.165, 1.54) is 12.1 Å². The molecular formula is C16H13BrF4. The average Bonchev–Trinajstić information content (AvgIpc) is 2.37. The minimum Gasteiger partial charge on any atom is -0.206 e. The topological polar surface area (TPSA) is 0 Å². The highest BCUT2D eigenvalue weighted by Crippen LogP contribution is 2.39. The lowest BCUT2D eigenvalue weighted by molar-refractivity contribution is -0.140. The highest BCUT2D eigenvalue weighted by atomic mass is 79.9. The van der Waals surface area contributed by atoms with Crippen LogP contribution in [0.3, 0.4) is 0 Å². The summed E-state index contributed by atoms with van der Waals surface area (Å²) >= 11 is 3.31. The summed E-state index contributed by atoms with van der Waals surface area (Å²) in [5, 5.41) is 0. The maximum absolute atomic E-state index is 14.2. The molecule has 0 fully saturated rings. The molecule has 0 radical (unpaired) electrons. The number of alkyl halides is 4. The van der Waals surface area contributed by atoms with Crippen molar-refractivity contribution in [3.63, 3.8) is 0 Å². The summed E-state index contributed by atoms with van der Waals surface area (Å²) in [6.07, 6.45) is -4.70. The Balaban J connectivity index is 2.51. The van der Waals surface area contributed by atoms with E-state index in [1.807, 2.05) is 26.0 Å². The first kappa shape index (κ1) is 16.0. The fraction of sp³-hybridized carbons (Fsp3) is 0.250. The zero-order valence-electron chi connectivity index (χ0n) is 11.4. The largest absolute Gasteiger partial charge is 0.419 e. The van der Waals surface area contributed by atoms with Gasteiger partial charge in [-0.15, -0.1) is 0 Å². The van der Waals surface area contributed by atoms with Gasteiger partial charge in [-0.25, -0.2) is 4.39 Å². The van der Waals surface area contributed by atoms with Crippen LogP contribution in [0.2, 0.25) is 0 Å². The normalized spacial score (nSPS) is 13.3. The molecule has 2 rings (SSSR count). The zero-order chi connectivity index (χ0) is 15.8. The Morgan fingerprint density at radius 1 is 1.00 bits per heavy atom. The molecule has 0 nitrogen and oxygen atoms in total. The van der Waals surface area contributed by atoms with Crippen LogP contribution in [0.4, 0.5) is 17.6 Å². The Morgan fingerprint density at radius 3 is 2.24 bits per heavy atom. The van der Waals surface area contributed by atoms with Gasteiger partial charge in [0.05, 0.1) is 10.4 Å². The third-order valence-electron chi connectivity index (χ3n) is 3.31. The highest BCUT2D eigenvalue weighted by Gasteiger charge is 2.35. The summed E-state index contributed by atoms with van der Waals surface area (Å²) in [4.78, 5) is -0.625. The van der Waals surface area contributed by atoms with Crippen molar-refractivity contribution in [2.24, 2.45) is 0 Å². The van der Waals surface area contributed by atoms with Gasteiger partial charge in [-0.1, -0.05) is 51.8 Å². The second kappa shape index (κ2) is 5.79. The molecule has 0 saturated carbocycles. The van der Waals surface area contributed by atoms with Gasteiger partial charge in [0, 0.05) is 5.56 Å². The molecule has 0 spiro atoms. The molecule has 0 N–H and O–H groups in total. The third-order valence-corrected chi connectivity index (χ3v) is 4.29. The fourth-order valence-corrected chi connectivity index (χ4v) is 3.11. The number of rotatable bonds is 2.